The summed E-state index contributed by atoms with van der Waals surface area (Å²) in [5, 5.41) is 3.61. The number of hydrogen-bond acceptors (Lipinski definition) is 4. The highest BCUT2D eigenvalue weighted by atomic mass is 16.5. The van der Waals surface area contributed by atoms with E-state index in [1.165, 1.54) is 41.5 Å². The van der Waals surface area contributed by atoms with Gasteiger partial charge in [0.15, 0.2) is 0 Å². The molecule has 1 N–H and O–H groups in total. The third kappa shape index (κ3) is 6.48. The standard InChI is InChI=1S/C32H40N2O2/c1-35-30-14-15-31-27(24-30)17-21-34(20-16-25-7-3-2-4-8-25)32(31)23-26-10-12-29(13-11-26)36-22-18-28-9-5-6-19-33-28/h2-4,7-8,10-15,24,28,32-33H,5-6,9,16-23H2,1H3. The largest absolute Gasteiger partial charge is 0.497 e. The molecule has 0 amide bonds. The Morgan fingerprint density at radius 3 is 2.53 bits per heavy atom. The Morgan fingerprint density at radius 1 is 0.917 bits per heavy atom. The molecule has 0 aromatic heterocycles. The molecule has 3 aromatic rings. The Bertz CT molecular complexity index is 1080. The minimum Gasteiger partial charge on any atom is -0.497 e. The molecule has 5 rings (SSSR count). The average Bonchev–Trinajstić information content (AvgIpc) is 2.94. The average molecular weight is 485 g/mol. The summed E-state index contributed by atoms with van der Waals surface area (Å²) < 4.78 is 11.6. The zero-order valence-electron chi connectivity index (χ0n) is 21.6. The molecule has 0 bridgehead atoms. The molecule has 4 heteroatoms. The molecular formula is C32H40N2O2. The van der Waals surface area contributed by atoms with E-state index in [4.69, 9.17) is 9.47 Å². The molecule has 190 valence electrons. The Morgan fingerprint density at radius 2 is 1.75 bits per heavy atom. The molecule has 1 fully saturated rings. The minimum atomic E-state index is 0.368. The smallest absolute Gasteiger partial charge is 0.119 e. The first-order valence-electron chi connectivity index (χ1n) is 13.7. The summed E-state index contributed by atoms with van der Waals surface area (Å²) in [5.74, 6) is 1.93. The summed E-state index contributed by atoms with van der Waals surface area (Å²) in [6.45, 7) is 4.07. The Balaban J connectivity index is 1.25. The van der Waals surface area contributed by atoms with Crippen molar-refractivity contribution in [2.75, 3.05) is 33.4 Å². The predicted octanol–water partition coefficient (Wildman–Crippen LogP) is 5.99. The van der Waals surface area contributed by atoms with E-state index in [1.54, 1.807) is 7.11 Å². The molecule has 1 saturated heterocycles. The van der Waals surface area contributed by atoms with Crippen LogP contribution in [0.5, 0.6) is 11.5 Å². The monoisotopic (exact) mass is 484 g/mol. The molecule has 2 aliphatic heterocycles. The van der Waals surface area contributed by atoms with E-state index in [0.29, 0.717) is 12.1 Å². The zero-order valence-corrected chi connectivity index (χ0v) is 21.6. The van der Waals surface area contributed by atoms with E-state index < -0.39 is 0 Å². The first-order chi connectivity index (χ1) is 17.8. The van der Waals surface area contributed by atoms with Gasteiger partial charge in [0.1, 0.15) is 11.5 Å². The van der Waals surface area contributed by atoms with Crippen molar-refractivity contribution in [2.24, 2.45) is 0 Å². The number of ether oxygens (including phenoxy) is 2. The van der Waals surface area contributed by atoms with Gasteiger partial charge in [0.25, 0.3) is 0 Å². The number of piperidine rings is 1. The predicted molar refractivity (Wildman–Crippen MR) is 147 cm³/mol. The number of methoxy groups -OCH3 is 1. The van der Waals surface area contributed by atoms with Gasteiger partial charge in [-0.15, -0.1) is 0 Å². The lowest BCUT2D eigenvalue weighted by Gasteiger charge is -2.38. The van der Waals surface area contributed by atoms with Gasteiger partial charge in [-0.2, -0.15) is 0 Å². The fraction of sp³-hybridized carbons (Fsp3) is 0.438. The summed E-state index contributed by atoms with van der Waals surface area (Å²) in [6.07, 6.45) is 8.15. The fourth-order valence-corrected chi connectivity index (χ4v) is 5.73. The number of fused-ring (bicyclic) bond motifs is 1. The zero-order chi connectivity index (χ0) is 24.6. The van der Waals surface area contributed by atoms with E-state index in [1.807, 2.05) is 0 Å². The molecule has 2 atom stereocenters. The molecule has 0 radical (unpaired) electrons. The van der Waals surface area contributed by atoms with Gasteiger partial charge in [0.2, 0.25) is 0 Å². The minimum absolute atomic E-state index is 0.368. The van der Waals surface area contributed by atoms with Crippen molar-refractivity contribution in [3.63, 3.8) is 0 Å². The molecule has 3 aromatic carbocycles. The second kappa shape index (κ2) is 12.4. The maximum absolute atomic E-state index is 6.08. The van der Waals surface area contributed by atoms with Crippen molar-refractivity contribution in [3.8, 4) is 11.5 Å². The molecule has 0 saturated carbocycles. The van der Waals surface area contributed by atoms with Crippen molar-refractivity contribution >= 4 is 0 Å². The van der Waals surface area contributed by atoms with Crippen LogP contribution in [0.2, 0.25) is 0 Å². The molecule has 2 unspecified atom stereocenters. The second-order valence-electron chi connectivity index (χ2n) is 10.2. The topological polar surface area (TPSA) is 33.7 Å². The van der Waals surface area contributed by atoms with Crippen molar-refractivity contribution < 1.29 is 9.47 Å². The van der Waals surface area contributed by atoms with Crippen LogP contribution in [0.1, 0.15) is 54.0 Å². The third-order valence-electron chi connectivity index (χ3n) is 7.85. The van der Waals surface area contributed by atoms with Gasteiger partial charge in [-0.1, -0.05) is 55.0 Å². The van der Waals surface area contributed by atoms with Gasteiger partial charge in [-0.3, -0.25) is 4.90 Å². The quantitative estimate of drug-likeness (QED) is 0.383. The third-order valence-corrected chi connectivity index (χ3v) is 7.85. The summed E-state index contributed by atoms with van der Waals surface area (Å²) in [7, 11) is 1.75. The number of benzene rings is 3. The summed E-state index contributed by atoms with van der Waals surface area (Å²) >= 11 is 0. The van der Waals surface area contributed by atoms with E-state index in [9.17, 15) is 0 Å². The van der Waals surface area contributed by atoms with Crippen LogP contribution in [0.4, 0.5) is 0 Å². The summed E-state index contributed by atoms with van der Waals surface area (Å²) in [4.78, 5) is 2.67. The molecule has 36 heavy (non-hydrogen) atoms. The number of hydrogen-bond donors (Lipinski definition) is 1. The number of rotatable bonds is 10. The van der Waals surface area contributed by atoms with Crippen molar-refractivity contribution in [2.45, 2.75) is 57.0 Å². The van der Waals surface area contributed by atoms with Crippen molar-refractivity contribution in [1.82, 2.24) is 10.2 Å². The van der Waals surface area contributed by atoms with Crippen LogP contribution in [0, 0.1) is 0 Å². The molecule has 0 aliphatic carbocycles. The van der Waals surface area contributed by atoms with E-state index in [2.05, 4.69) is 83.0 Å². The molecule has 2 aliphatic rings. The lowest BCUT2D eigenvalue weighted by molar-refractivity contribution is 0.185. The summed E-state index contributed by atoms with van der Waals surface area (Å²) in [6, 6.07) is 27.3. The Hall–Kier alpha value is -2.82. The van der Waals surface area contributed by atoms with Crippen LogP contribution in [0.3, 0.4) is 0 Å². The van der Waals surface area contributed by atoms with Gasteiger partial charge in [0, 0.05) is 25.2 Å². The maximum atomic E-state index is 6.08. The molecular weight excluding hydrogens is 444 g/mol. The van der Waals surface area contributed by atoms with Gasteiger partial charge >= 0.3 is 0 Å². The Labute approximate surface area is 216 Å². The number of nitrogens with one attached hydrogen (secondary N) is 1. The SMILES string of the molecule is COc1ccc2c(c1)CCN(CCc1ccccc1)C2Cc1ccc(OCCC2CCCCN2)cc1. The van der Waals surface area contributed by atoms with E-state index in [-0.39, 0.29) is 0 Å². The fourth-order valence-electron chi connectivity index (χ4n) is 5.73. The summed E-state index contributed by atoms with van der Waals surface area (Å²) in [5.41, 5.74) is 5.62. The Kier molecular flexibility index (Phi) is 8.58. The lowest BCUT2D eigenvalue weighted by Crippen LogP contribution is -2.38. The van der Waals surface area contributed by atoms with Gasteiger partial charge in [-0.05, 0) is 91.6 Å². The van der Waals surface area contributed by atoms with Gasteiger partial charge in [-0.25, -0.2) is 0 Å². The maximum Gasteiger partial charge on any atom is 0.119 e. The van der Waals surface area contributed by atoms with Crippen LogP contribution in [0.15, 0.2) is 72.8 Å². The van der Waals surface area contributed by atoms with Crippen LogP contribution >= 0.6 is 0 Å². The normalized spacial score (nSPS) is 20.0. The van der Waals surface area contributed by atoms with Crippen LogP contribution in [0.25, 0.3) is 0 Å². The van der Waals surface area contributed by atoms with Gasteiger partial charge in [0.05, 0.1) is 13.7 Å². The van der Waals surface area contributed by atoms with E-state index in [0.717, 1.165) is 63.4 Å². The van der Waals surface area contributed by atoms with Crippen LogP contribution in [-0.4, -0.2) is 44.3 Å². The lowest BCUT2D eigenvalue weighted by atomic mass is 9.88. The van der Waals surface area contributed by atoms with Gasteiger partial charge < -0.3 is 14.8 Å². The molecule has 0 spiro atoms. The van der Waals surface area contributed by atoms with Crippen LogP contribution < -0.4 is 14.8 Å². The number of nitrogens with zero attached hydrogens (tertiary/aromatic N) is 1. The highest BCUT2D eigenvalue weighted by Crippen LogP contribution is 2.35. The molecule has 2 heterocycles. The van der Waals surface area contributed by atoms with Crippen molar-refractivity contribution in [3.05, 3.63) is 95.1 Å². The highest BCUT2D eigenvalue weighted by Gasteiger charge is 2.27. The van der Waals surface area contributed by atoms with Crippen molar-refractivity contribution in [1.29, 1.82) is 0 Å². The molecule has 4 nitrogen and oxygen atoms in total. The first-order valence-corrected chi connectivity index (χ1v) is 13.7. The first kappa shape index (κ1) is 24.9. The second-order valence-corrected chi connectivity index (χ2v) is 10.2. The van der Waals surface area contributed by atoms with E-state index >= 15 is 0 Å². The highest BCUT2D eigenvalue weighted by molar-refractivity contribution is 5.40. The van der Waals surface area contributed by atoms with Crippen LogP contribution in [-0.2, 0) is 19.3 Å².